The molecule has 27 heavy (non-hydrogen) atoms. The van der Waals surface area contributed by atoms with E-state index in [9.17, 15) is 8.78 Å². The molecule has 8 heteroatoms. The van der Waals surface area contributed by atoms with Crippen LogP contribution in [0.3, 0.4) is 0 Å². The highest BCUT2D eigenvalue weighted by atomic mass is 127. The lowest BCUT2D eigenvalue weighted by Crippen LogP contribution is -2.30. The largest absolute Gasteiger partial charge is 0.493 e. The number of benzene rings is 2. The minimum absolute atomic E-state index is 0. The number of hydrogen-bond donors (Lipinski definition) is 2. The molecular weight excluding hydrogens is 467 g/mol. The Kier molecular flexibility index (Phi) is 9.84. The fraction of sp³-hybridized carbons (Fsp3) is 0.316. The topological polar surface area (TPSA) is 54.9 Å². The van der Waals surface area contributed by atoms with Gasteiger partial charge in [0.15, 0.2) is 17.5 Å². The molecule has 148 valence electrons. The summed E-state index contributed by atoms with van der Waals surface area (Å²) in [5, 5.41) is 6.29. The third-order valence-electron chi connectivity index (χ3n) is 3.66. The van der Waals surface area contributed by atoms with Gasteiger partial charge in [0.25, 0.3) is 0 Å². The summed E-state index contributed by atoms with van der Waals surface area (Å²) in [4.78, 5) is 4.43. The maximum atomic E-state index is 13.7. The van der Waals surface area contributed by atoms with E-state index in [2.05, 4.69) is 15.6 Å². The Hall–Kier alpha value is -2.10. The van der Waals surface area contributed by atoms with E-state index < -0.39 is 11.6 Å². The minimum Gasteiger partial charge on any atom is -0.493 e. The standard InChI is InChI=1S/C19H23F2N3O2.HI/c1-4-22-19(23-10-9-13-5-6-14(20)11-16(13)21)24-15-7-8-17(25-2)18(12-15)26-3;/h5-8,11-12H,4,9-10H2,1-3H3,(H2,22,23,24);1H. The van der Waals surface area contributed by atoms with E-state index in [1.54, 1.807) is 26.4 Å². The summed E-state index contributed by atoms with van der Waals surface area (Å²) in [6, 6.07) is 8.99. The fourth-order valence-electron chi connectivity index (χ4n) is 2.37. The number of halogens is 3. The van der Waals surface area contributed by atoms with Crippen molar-refractivity contribution in [2.45, 2.75) is 13.3 Å². The smallest absolute Gasteiger partial charge is 0.195 e. The van der Waals surface area contributed by atoms with Crippen LogP contribution in [0.15, 0.2) is 41.4 Å². The van der Waals surface area contributed by atoms with Crippen LogP contribution < -0.4 is 20.1 Å². The summed E-state index contributed by atoms with van der Waals surface area (Å²) in [6.07, 6.45) is 0.370. The van der Waals surface area contributed by atoms with Gasteiger partial charge in [-0.1, -0.05) is 6.07 Å². The van der Waals surface area contributed by atoms with Gasteiger partial charge >= 0.3 is 0 Å². The van der Waals surface area contributed by atoms with Crippen molar-refractivity contribution in [3.63, 3.8) is 0 Å². The Balaban J connectivity index is 0.00000364. The van der Waals surface area contributed by atoms with Gasteiger partial charge in [0.1, 0.15) is 11.6 Å². The van der Waals surface area contributed by atoms with Crippen molar-refractivity contribution in [1.29, 1.82) is 0 Å². The second-order valence-electron chi connectivity index (χ2n) is 5.44. The summed E-state index contributed by atoms with van der Waals surface area (Å²) in [5.41, 5.74) is 1.20. The average molecular weight is 491 g/mol. The molecule has 0 aromatic heterocycles. The van der Waals surface area contributed by atoms with Gasteiger partial charge in [0.2, 0.25) is 0 Å². The van der Waals surface area contributed by atoms with Gasteiger partial charge in [-0.05, 0) is 37.1 Å². The average Bonchev–Trinajstić information content (AvgIpc) is 2.63. The van der Waals surface area contributed by atoms with Gasteiger partial charge in [-0.25, -0.2) is 8.78 Å². The van der Waals surface area contributed by atoms with Crippen LogP contribution in [-0.4, -0.2) is 33.3 Å². The zero-order valence-corrected chi connectivity index (χ0v) is 17.8. The van der Waals surface area contributed by atoms with Crippen molar-refractivity contribution >= 4 is 35.6 Å². The second kappa shape index (κ2) is 11.6. The van der Waals surface area contributed by atoms with Crippen LogP contribution in [0.4, 0.5) is 14.5 Å². The van der Waals surface area contributed by atoms with Crippen molar-refractivity contribution in [1.82, 2.24) is 5.32 Å². The number of anilines is 1. The van der Waals surface area contributed by atoms with Crippen molar-refractivity contribution in [3.05, 3.63) is 53.6 Å². The van der Waals surface area contributed by atoms with E-state index in [0.29, 0.717) is 42.5 Å². The molecule has 0 saturated carbocycles. The van der Waals surface area contributed by atoms with Crippen molar-refractivity contribution in [2.75, 3.05) is 32.6 Å². The predicted molar refractivity (Wildman–Crippen MR) is 115 cm³/mol. The van der Waals surface area contributed by atoms with Crippen LogP contribution in [0.2, 0.25) is 0 Å². The first kappa shape index (κ1) is 22.9. The Morgan fingerprint density at radius 1 is 1.04 bits per heavy atom. The highest BCUT2D eigenvalue weighted by Gasteiger charge is 2.07. The first-order valence-corrected chi connectivity index (χ1v) is 8.28. The van der Waals surface area contributed by atoms with E-state index >= 15 is 0 Å². The Bertz CT molecular complexity index is 773. The number of ether oxygens (including phenoxy) is 2. The molecular formula is C19H24F2IN3O2. The number of hydrogen-bond acceptors (Lipinski definition) is 3. The molecule has 2 aromatic carbocycles. The summed E-state index contributed by atoms with van der Waals surface area (Å²) < 4.78 is 37.1. The highest BCUT2D eigenvalue weighted by Crippen LogP contribution is 2.29. The lowest BCUT2D eigenvalue weighted by atomic mass is 10.1. The summed E-state index contributed by atoms with van der Waals surface area (Å²) in [6.45, 7) is 2.97. The Labute approximate surface area is 175 Å². The normalized spacial score (nSPS) is 10.8. The van der Waals surface area contributed by atoms with Crippen LogP contribution in [0.5, 0.6) is 11.5 Å². The quantitative estimate of drug-likeness (QED) is 0.346. The SMILES string of the molecule is CCNC(=NCCc1ccc(F)cc1F)Nc1ccc(OC)c(OC)c1.I. The lowest BCUT2D eigenvalue weighted by Gasteiger charge is -2.14. The van der Waals surface area contributed by atoms with E-state index in [1.165, 1.54) is 12.1 Å². The molecule has 2 aromatic rings. The number of aliphatic imine (C=N–C) groups is 1. The van der Waals surface area contributed by atoms with Gasteiger partial charge in [0.05, 0.1) is 14.2 Å². The zero-order chi connectivity index (χ0) is 18.9. The number of nitrogens with one attached hydrogen (secondary N) is 2. The lowest BCUT2D eigenvalue weighted by molar-refractivity contribution is 0.355. The van der Waals surface area contributed by atoms with Crippen molar-refractivity contribution in [2.24, 2.45) is 4.99 Å². The van der Waals surface area contributed by atoms with E-state index in [0.717, 1.165) is 11.8 Å². The third-order valence-corrected chi connectivity index (χ3v) is 3.66. The van der Waals surface area contributed by atoms with E-state index in [1.807, 2.05) is 13.0 Å². The molecule has 2 rings (SSSR count). The monoisotopic (exact) mass is 491 g/mol. The maximum Gasteiger partial charge on any atom is 0.195 e. The molecule has 0 unspecified atom stereocenters. The summed E-state index contributed by atoms with van der Waals surface area (Å²) in [5.74, 6) is 0.645. The summed E-state index contributed by atoms with van der Waals surface area (Å²) >= 11 is 0. The predicted octanol–water partition coefficient (Wildman–Crippen LogP) is 4.22. The summed E-state index contributed by atoms with van der Waals surface area (Å²) in [7, 11) is 3.14. The van der Waals surface area contributed by atoms with E-state index in [-0.39, 0.29) is 24.0 Å². The number of methoxy groups -OCH3 is 2. The molecule has 0 aliphatic heterocycles. The van der Waals surface area contributed by atoms with Gasteiger partial charge in [-0.15, -0.1) is 24.0 Å². The van der Waals surface area contributed by atoms with Gasteiger partial charge in [-0.3, -0.25) is 4.99 Å². The molecule has 2 N–H and O–H groups in total. The highest BCUT2D eigenvalue weighted by molar-refractivity contribution is 14.0. The second-order valence-corrected chi connectivity index (χ2v) is 5.44. The fourth-order valence-corrected chi connectivity index (χ4v) is 2.37. The van der Waals surface area contributed by atoms with Crippen molar-refractivity contribution < 1.29 is 18.3 Å². The Morgan fingerprint density at radius 3 is 2.41 bits per heavy atom. The van der Waals surface area contributed by atoms with Crippen LogP contribution in [0.25, 0.3) is 0 Å². The molecule has 0 fully saturated rings. The molecule has 5 nitrogen and oxygen atoms in total. The number of guanidine groups is 1. The molecule has 0 saturated heterocycles. The first-order chi connectivity index (χ1) is 12.6. The molecule has 0 heterocycles. The Morgan fingerprint density at radius 2 is 1.78 bits per heavy atom. The van der Waals surface area contributed by atoms with Crippen LogP contribution in [0, 0.1) is 11.6 Å². The van der Waals surface area contributed by atoms with Gasteiger partial charge in [0, 0.05) is 30.9 Å². The van der Waals surface area contributed by atoms with Gasteiger partial charge < -0.3 is 20.1 Å². The molecule has 0 bridgehead atoms. The molecule has 0 aliphatic carbocycles. The maximum absolute atomic E-state index is 13.7. The van der Waals surface area contributed by atoms with E-state index in [4.69, 9.17) is 9.47 Å². The van der Waals surface area contributed by atoms with Crippen LogP contribution in [0.1, 0.15) is 12.5 Å². The van der Waals surface area contributed by atoms with Crippen LogP contribution >= 0.6 is 24.0 Å². The minimum atomic E-state index is -0.585. The van der Waals surface area contributed by atoms with Crippen LogP contribution in [-0.2, 0) is 6.42 Å². The zero-order valence-electron chi connectivity index (χ0n) is 15.5. The first-order valence-electron chi connectivity index (χ1n) is 8.28. The number of rotatable bonds is 7. The molecule has 0 atom stereocenters. The third kappa shape index (κ3) is 6.85. The number of nitrogens with zero attached hydrogens (tertiary/aromatic N) is 1. The molecule has 0 amide bonds. The van der Waals surface area contributed by atoms with Crippen molar-refractivity contribution in [3.8, 4) is 11.5 Å². The molecule has 0 aliphatic rings. The van der Waals surface area contributed by atoms with Gasteiger partial charge in [-0.2, -0.15) is 0 Å². The molecule has 0 radical (unpaired) electrons. The molecule has 0 spiro atoms.